The zero-order chi connectivity index (χ0) is 16.4. The highest BCUT2D eigenvalue weighted by molar-refractivity contribution is 5.85. The van der Waals surface area contributed by atoms with Crippen LogP contribution in [0.4, 0.5) is 5.95 Å². The largest absolute Gasteiger partial charge is 0.467 e. The SMILES string of the molecule is CC(C)(C)c1nc(N2CCCC2C(=O)NCc2ccco2)no1. The van der Waals surface area contributed by atoms with Gasteiger partial charge in [-0.15, -0.1) is 0 Å². The summed E-state index contributed by atoms with van der Waals surface area (Å²) in [5.74, 6) is 1.76. The van der Waals surface area contributed by atoms with Crippen molar-refractivity contribution in [3.05, 3.63) is 30.0 Å². The molecular formula is C16H22N4O3. The van der Waals surface area contributed by atoms with E-state index < -0.39 is 0 Å². The van der Waals surface area contributed by atoms with Gasteiger partial charge in [0.25, 0.3) is 5.95 Å². The predicted molar refractivity (Wildman–Crippen MR) is 83.9 cm³/mol. The molecule has 0 saturated carbocycles. The summed E-state index contributed by atoms with van der Waals surface area (Å²) in [4.78, 5) is 18.8. The number of furan rings is 1. The summed E-state index contributed by atoms with van der Waals surface area (Å²) in [7, 11) is 0. The Kier molecular flexibility index (Phi) is 4.11. The Morgan fingerprint density at radius 3 is 2.96 bits per heavy atom. The molecule has 7 nitrogen and oxygen atoms in total. The number of hydrogen-bond donors (Lipinski definition) is 1. The number of amides is 1. The molecule has 1 atom stereocenters. The molecule has 3 heterocycles. The summed E-state index contributed by atoms with van der Waals surface area (Å²) in [5.41, 5.74) is -0.206. The number of anilines is 1. The molecule has 1 aliphatic heterocycles. The normalized spacial score (nSPS) is 18.4. The molecule has 1 fully saturated rings. The second kappa shape index (κ2) is 6.06. The molecule has 1 amide bonds. The lowest BCUT2D eigenvalue weighted by Crippen LogP contribution is -2.43. The molecular weight excluding hydrogens is 296 g/mol. The Labute approximate surface area is 135 Å². The fourth-order valence-electron chi connectivity index (χ4n) is 2.62. The summed E-state index contributed by atoms with van der Waals surface area (Å²) >= 11 is 0. The number of nitrogens with zero attached hydrogens (tertiary/aromatic N) is 3. The van der Waals surface area contributed by atoms with E-state index >= 15 is 0 Å². The Balaban J connectivity index is 1.67. The van der Waals surface area contributed by atoms with Crippen molar-refractivity contribution in [2.75, 3.05) is 11.4 Å². The van der Waals surface area contributed by atoms with E-state index in [0.29, 0.717) is 18.4 Å². The van der Waals surface area contributed by atoms with Crippen LogP contribution >= 0.6 is 0 Å². The van der Waals surface area contributed by atoms with Gasteiger partial charge in [-0.3, -0.25) is 4.79 Å². The lowest BCUT2D eigenvalue weighted by atomic mass is 9.97. The maximum absolute atomic E-state index is 12.4. The predicted octanol–water partition coefficient (Wildman–Crippen LogP) is 2.25. The number of carbonyl (C=O) groups excluding carboxylic acids is 1. The lowest BCUT2D eigenvalue weighted by Gasteiger charge is -2.21. The molecule has 1 N–H and O–H groups in total. The van der Waals surface area contributed by atoms with Gasteiger partial charge in [-0.2, -0.15) is 4.98 Å². The first-order chi connectivity index (χ1) is 10.9. The summed E-state index contributed by atoms with van der Waals surface area (Å²) in [6, 6.07) is 3.37. The Morgan fingerprint density at radius 1 is 1.48 bits per heavy atom. The third-order valence-electron chi connectivity index (χ3n) is 3.89. The van der Waals surface area contributed by atoms with E-state index in [1.165, 1.54) is 0 Å². The van der Waals surface area contributed by atoms with Crippen LogP contribution in [0.25, 0.3) is 0 Å². The topological polar surface area (TPSA) is 84.4 Å². The summed E-state index contributed by atoms with van der Waals surface area (Å²) in [6.45, 7) is 7.18. The summed E-state index contributed by atoms with van der Waals surface area (Å²) in [5, 5.41) is 6.95. The van der Waals surface area contributed by atoms with Gasteiger partial charge < -0.3 is 19.2 Å². The molecule has 23 heavy (non-hydrogen) atoms. The number of carbonyl (C=O) groups is 1. The minimum Gasteiger partial charge on any atom is -0.467 e. The van der Waals surface area contributed by atoms with Crippen molar-refractivity contribution in [3.63, 3.8) is 0 Å². The fraction of sp³-hybridized carbons (Fsp3) is 0.562. The highest BCUT2D eigenvalue weighted by atomic mass is 16.5. The van der Waals surface area contributed by atoms with E-state index in [1.54, 1.807) is 12.3 Å². The third-order valence-corrected chi connectivity index (χ3v) is 3.89. The van der Waals surface area contributed by atoms with Crippen LogP contribution in [0, 0.1) is 0 Å². The van der Waals surface area contributed by atoms with E-state index in [4.69, 9.17) is 8.94 Å². The molecule has 0 bridgehead atoms. The zero-order valence-electron chi connectivity index (χ0n) is 13.7. The van der Waals surface area contributed by atoms with Crippen LogP contribution in [-0.2, 0) is 16.8 Å². The zero-order valence-corrected chi connectivity index (χ0v) is 13.7. The summed E-state index contributed by atoms with van der Waals surface area (Å²) in [6.07, 6.45) is 3.30. The minimum atomic E-state index is -0.268. The molecule has 2 aromatic rings. The van der Waals surface area contributed by atoms with Crippen LogP contribution in [-0.4, -0.2) is 28.6 Å². The van der Waals surface area contributed by atoms with Gasteiger partial charge in [-0.05, 0) is 30.1 Å². The second-order valence-electron chi connectivity index (χ2n) is 6.80. The van der Waals surface area contributed by atoms with Crippen molar-refractivity contribution >= 4 is 11.9 Å². The van der Waals surface area contributed by atoms with Crippen LogP contribution in [0.3, 0.4) is 0 Å². The molecule has 7 heteroatoms. The van der Waals surface area contributed by atoms with Gasteiger partial charge in [0.2, 0.25) is 11.8 Å². The van der Waals surface area contributed by atoms with Gasteiger partial charge in [0.1, 0.15) is 11.8 Å². The van der Waals surface area contributed by atoms with E-state index in [0.717, 1.165) is 25.1 Å². The second-order valence-corrected chi connectivity index (χ2v) is 6.80. The van der Waals surface area contributed by atoms with E-state index in [-0.39, 0.29) is 17.4 Å². The first-order valence-electron chi connectivity index (χ1n) is 7.86. The average molecular weight is 318 g/mol. The monoisotopic (exact) mass is 318 g/mol. The van der Waals surface area contributed by atoms with Crippen LogP contribution in [0.2, 0.25) is 0 Å². The maximum atomic E-state index is 12.4. The van der Waals surface area contributed by atoms with Gasteiger partial charge in [-0.25, -0.2) is 0 Å². The highest BCUT2D eigenvalue weighted by Crippen LogP contribution is 2.27. The van der Waals surface area contributed by atoms with Gasteiger partial charge in [0.15, 0.2) is 0 Å². The van der Waals surface area contributed by atoms with Crippen molar-refractivity contribution in [1.82, 2.24) is 15.5 Å². The molecule has 0 aliphatic carbocycles. The van der Waals surface area contributed by atoms with Crippen LogP contribution < -0.4 is 10.2 Å². The lowest BCUT2D eigenvalue weighted by molar-refractivity contribution is -0.122. The smallest absolute Gasteiger partial charge is 0.266 e. The molecule has 1 aliphatic rings. The average Bonchev–Trinajstić information content (AvgIpc) is 3.22. The Hall–Kier alpha value is -2.31. The highest BCUT2D eigenvalue weighted by Gasteiger charge is 2.34. The van der Waals surface area contributed by atoms with Gasteiger partial charge in [0.05, 0.1) is 12.8 Å². The number of rotatable bonds is 4. The molecule has 0 aromatic carbocycles. The van der Waals surface area contributed by atoms with Gasteiger partial charge in [0, 0.05) is 12.0 Å². The Morgan fingerprint density at radius 2 is 2.30 bits per heavy atom. The Bertz CT molecular complexity index is 657. The van der Waals surface area contributed by atoms with Crippen molar-refractivity contribution in [3.8, 4) is 0 Å². The summed E-state index contributed by atoms with van der Waals surface area (Å²) < 4.78 is 10.6. The van der Waals surface area contributed by atoms with Crippen molar-refractivity contribution in [2.45, 2.75) is 51.6 Å². The molecule has 0 radical (unpaired) electrons. The van der Waals surface area contributed by atoms with Crippen LogP contribution in [0.15, 0.2) is 27.3 Å². The molecule has 2 aromatic heterocycles. The fourth-order valence-corrected chi connectivity index (χ4v) is 2.62. The molecule has 3 rings (SSSR count). The van der Waals surface area contributed by atoms with E-state index in [2.05, 4.69) is 15.5 Å². The molecule has 0 spiro atoms. The van der Waals surface area contributed by atoms with Crippen LogP contribution in [0.1, 0.15) is 45.3 Å². The van der Waals surface area contributed by atoms with Crippen molar-refractivity contribution < 1.29 is 13.7 Å². The van der Waals surface area contributed by atoms with Crippen molar-refractivity contribution in [1.29, 1.82) is 0 Å². The first-order valence-corrected chi connectivity index (χ1v) is 7.86. The number of hydrogen-bond acceptors (Lipinski definition) is 6. The molecule has 1 unspecified atom stereocenters. The van der Waals surface area contributed by atoms with Crippen molar-refractivity contribution in [2.24, 2.45) is 0 Å². The molecule has 1 saturated heterocycles. The van der Waals surface area contributed by atoms with Gasteiger partial charge >= 0.3 is 0 Å². The van der Waals surface area contributed by atoms with E-state index in [1.807, 2.05) is 31.7 Å². The standard InChI is InChI=1S/C16H22N4O3/c1-16(2,3)14-18-15(19-23-14)20-8-4-7-12(20)13(21)17-10-11-6-5-9-22-11/h5-6,9,12H,4,7-8,10H2,1-3H3,(H,17,21). The van der Waals surface area contributed by atoms with Crippen LogP contribution in [0.5, 0.6) is 0 Å². The quantitative estimate of drug-likeness (QED) is 0.930. The maximum Gasteiger partial charge on any atom is 0.266 e. The first kappa shape index (κ1) is 15.6. The molecule has 124 valence electrons. The van der Waals surface area contributed by atoms with E-state index in [9.17, 15) is 4.79 Å². The minimum absolute atomic E-state index is 0.0407. The number of aromatic nitrogens is 2. The number of nitrogens with one attached hydrogen (secondary N) is 1. The van der Waals surface area contributed by atoms with Gasteiger partial charge in [-0.1, -0.05) is 20.8 Å². The third kappa shape index (κ3) is 3.38.